The van der Waals surface area contributed by atoms with Crippen LogP contribution in [0.3, 0.4) is 0 Å². The Labute approximate surface area is 102 Å². The van der Waals surface area contributed by atoms with Gasteiger partial charge in [-0.3, -0.25) is 14.7 Å². The highest BCUT2D eigenvalue weighted by atomic mass is 32.2. The zero-order chi connectivity index (χ0) is 12.5. The van der Waals surface area contributed by atoms with Crippen LogP contribution >= 0.6 is 0 Å². The third-order valence-corrected chi connectivity index (χ3v) is 4.01. The molecule has 0 aromatic rings. The summed E-state index contributed by atoms with van der Waals surface area (Å²) in [5.74, 6) is -0.338. The zero-order valence-electron chi connectivity index (χ0n) is 9.55. The van der Waals surface area contributed by atoms with Crippen LogP contribution in [0.2, 0.25) is 0 Å². The highest BCUT2D eigenvalue weighted by Gasteiger charge is 2.45. The van der Waals surface area contributed by atoms with E-state index in [1.807, 2.05) is 0 Å². The molecule has 0 aromatic heterocycles. The minimum absolute atomic E-state index is 0.287. The van der Waals surface area contributed by atoms with Gasteiger partial charge in [0.05, 0.1) is 13.7 Å². The number of nitrogens with one attached hydrogen (secondary N) is 1. The Morgan fingerprint density at radius 2 is 2.24 bits per heavy atom. The first-order chi connectivity index (χ1) is 8.06. The maximum absolute atomic E-state index is 11.3. The number of ether oxygens (including phenoxy) is 2. The Morgan fingerprint density at radius 1 is 1.59 bits per heavy atom. The molecule has 1 spiro atoms. The summed E-state index contributed by atoms with van der Waals surface area (Å²) < 4.78 is 31.6. The number of carbonyl (C=O) groups is 1. The molecule has 0 aliphatic carbocycles. The highest BCUT2D eigenvalue weighted by molar-refractivity contribution is 7.76. The van der Waals surface area contributed by atoms with E-state index in [9.17, 15) is 9.00 Å². The summed E-state index contributed by atoms with van der Waals surface area (Å²) >= 11 is -1.93. The molecule has 1 unspecified atom stereocenters. The lowest BCUT2D eigenvalue weighted by Crippen LogP contribution is -2.53. The second-order valence-electron chi connectivity index (χ2n) is 4.19. The molecular weight excluding hydrogens is 248 g/mol. The fourth-order valence-corrected chi connectivity index (χ4v) is 2.70. The van der Waals surface area contributed by atoms with Crippen LogP contribution in [0.15, 0.2) is 0 Å². The Bertz CT molecular complexity index is 329. The number of rotatable bonds is 2. The van der Waals surface area contributed by atoms with Gasteiger partial charge in [0.15, 0.2) is 0 Å². The Hall–Kier alpha value is -0.540. The fraction of sp³-hybridized carbons (Fsp3) is 0.889. The molecule has 2 heterocycles. The molecule has 2 fully saturated rings. The summed E-state index contributed by atoms with van der Waals surface area (Å²) in [5.41, 5.74) is -0.547. The second-order valence-corrected chi connectivity index (χ2v) is 5.16. The maximum Gasteiger partial charge on any atom is 0.325 e. The molecule has 2 atom stereocenters. The summed E-state index contributed by atoms with van der Waals surface area (Å²) in [6, 6.07) is -0.439. The minimum atomic E-state index is -1.93. The summed E-state index contributed by atoms with van der Waals surface area (Å²) in [5, 5.41) is 3.11. The van der Waals surface area contributed by atoms with Crippen LogP contribution in [0.5, 0.6) is 0 Å². The van der Waals surface area contributed by atoms with E-state index in [-0.39, 0.29) is 12.6 Å². The van der Waals surface area contributed by atoms with Gasteiger partial charge in [-0.1, -0.05) is 0 Å². The van der Waals surface area contributed by atoms with Gasteiger partial charge in [-0.15, -0.1) is 0 Å². The molecule has 0 bridgehead atoms. The fourth-order valence-electron chi connectivity index (χ4n) is 2.21. The summed E-state index contributed by atoms with van der Waals surface area (Å²) in [7, 11) is 1.34. The average molecular weight is 264 g/mol. The molecule has 0 radical (unpaired) electrons. The number of nitrogens with zero attached hydrogens (tertiary/aromatic N) is 1. The molecule has 0 saturated carbocycles. The van der Waals surface area contributed by atoms with Crippen LogP contribution in [-0.4, -0.2) is 57.6 Å². The molecular formula is C9H16N2O5S. The molecule has 17 heavy (non-hydrogen) atoms. The number of esters is 1. The normalized spacial score (nSPS) is 30.4. The number of carbonyl (C=O) groups excluding carboxylic acids is 1. The van der Waals surface area contributed by atoms with Gasteiger partial charge in [0.1, 0.15) is 11.8 Å². The van der Waals surface area contributed by atoms with E-state index in [0.717, 1.165) is 0 Å². The second kappa shape index (κ2) is 4.99. The van der Waals surface area contributed by atoms with Crippen molar-refractivity contribution in [2.45, 2.75) is 24.6 Å². The number of hydrogen-bond acceptors (Lipinski definition) is 5. The third-order valence-electron chi connectivity index (χ3n) is 3.20. The van der Waals surface area contributed by atoms with Crippen molar-refractivity contribution in [3.63, 3.8) is 0 Å². The van der Waals surface area contributed by atoms with Gasteiger partial charge in [0.2, 0.25) is 11.3 Å². The molecule has 0 aromatic carbocycles. The lowest BCUT2D eigenvalue weighted by molar-refractivity contribution is -0.142. The van der Waals surface area contributed by atoms with Gasteiger partial charge < -0.3 is 9.47 Å². The first-order valence-corrected chi connectivity index (χ1v) is 6.48. The molecule has 2 N–H and O–H groups in total. The smallest absolute Gasteiger partial charge is 0.325 e. The number of hydrogen-bond donors (Lipinski definition) is 2. The Kier molecular flexibility index (Phi) is 3.79. The van der Waals surface area contributed by atoms with Gasteiger partial charge in [0.25, 0.3) is 0 Å². The largest absolute Gasteiger partial charge is 0.468 e. The molecule has 98 valence electrons. The van der Waals surface area contributed by atoms with Crippen molar-refractivity contribution in [2.24, 2.45) is 0 Å². The van der Waals surface area contributed by atoms with E-state index in [1.165, 1.54) is 11.4 Å². The van der Waals surface area contributed by atoms with E-state index in [0.29, 0.717) is 25.9 Å². The van der Waals surface area contributed by atoms with Crippen molar-refractivity contribution in [2.75, 3.05) is 26.8 Å². The van der Waals surface area contributed by atoms with Crippen LogP contribution < -0.4 is 5.32 Å². The van der Waals surface area contributed by atoms with Gasteiger partial charge in [-0.2, -0.15) is 0 Å². The van der Waals surface area contributed by atoms with Crippen molar-refractivity contribution in [1.29, 1.82) is 0 Å². The molecule has 2 aliphatic rings. The van der Waals surface area contributed by atoms with Gasteiger partial charge in [0, 0.05) is 25.9 Å². The quantitative estimate of drug-likeness (QED) is 0.495. The van der Waals surface area contributed by atoms with E-state index in [2.05, 4.69) is 10.1 Å². The van der Waals surface area contributed by atoms with Gasteiger partial charge in [-0.25, -0.2) is 8.51 Å². The SMILES string of the molecule is COC(=O)[C@@H]1COC2(CCN(S(=O)O)CC2)N1. The standard InChI is InChI=1S/C9H16N2O5S/c1-15-8(12)7-6-16-9(10-7)2-4-11(5-3-9)17(13)14/h7,10H,2-6H2,1H3,(H,13,14)/t7-/m0/s1. The predicted molar refractivity (Wildman–Crippen MR) is 59.2 cm³/mol. The lowest BCUT2D eigenvalue weighted by Gasteiger charge is -2.36. The lowest BCUT2D eigenvalue weighted by atomic mass is 10.0. The zero-order valence-corrected chi connectivity index (χ0v) is 10.4. The Morgan fingerprint density at radius 3 is 2.76 bits per heavy atom. The van der Waals surface area contributed by atoms with Crippen LogP contribution in [0.4, 0.5) is 0 Å². The van der Waals surface area contributed by atoms with Crippen molar-refractivity contribution >= 4 is 17.2 Å². The van der Waals surface area contributed by atoms with Crippen molar-refractivity contribution in [3.05, 3.63) is 0 Å². The molecule has 2 rings (SSSR count). The maximum atomic E-state index is 11.3. The van der Waals surface area contributed by atoms with Crippen molar-refractivity contribution < 1.29 is 23.0 Å². The predicted octanol–water partition coefficient (Wildman–Crippen LogP) is -0.923. The molecule has 7 nitrogen and oxygen atoms in total. The highest BCUT2D eigenvalue weighted by Crippen LogP contribution is 2.29. The average Bonchev–Trinajstić information content (AvgIpc) is 2.73. The Balaban J connectivity index is 1.92. The van der Waals surface area contributed by atoms with Crippen LogP contribution in [0.25, 0.3) is 0 Å². The topological polar surface area (TPSA) is 88.1 Å². The van der Waals surface area contributed by atoms with E-state index in [1.54, 1.807) is 0 Å². The van der Waals surface area contributed by atoms with Gasteiger partial charge >= 0.3 is 5.97 Å². The van der Waals surface area contributed by atoms with Crippen LogP contribution in [0.1, 0.15) is 12.8 Å². The molecule has 8 heteroatoms. The van der Waals surface area contributed by atoms with E-state index < -0.39 is 23.0 Å². The van der Waals surface area contributed by atoms with Crippen molar-refractivity contribution in [3.8, 4) is 0 Å². The van der Waals surface area contributed by atoms with Crippen molar-refractivity contribution in [1.82, 2.24) is 9.62 Å². The van der Waals surface area contributed by atoms with Crippen LogP contribution in [-0.2, 0) is 25.5 Å². The van der Waals surface area contributed by atoms with Gasteiger partial charge in [-0.05, 0) is 0 Å². The molecule has 0 amide bonds. The molecule has 2 aliphatic heterocycles. The number of methoxy groups -OCH3 is 1. The van der Waals surface area contributed by atoms with E-state index in [4.69, 9.17) is 9.29 Å². The molecule has 2 saturated heterocycles. The summed E-state index contributed by atoms with van der Waals surface area (Å²) in [6.45, 7) is 1.21. The first-order valence-electron chi connectivity index (χ1n) is 5.42. The summed E-state index contributed by atoms with van der Waals surface area (Å²) in [4.78, 5) is 11.3. The summed E-state index contributed by atoms with van der Waals surface area (Å²) in [6.07, 6.45) is 1.15. The minimum Gasteiger partial charge on any atom is -0.468 e. The first kappa shape index (κ1) is 12.9. The number of piperidine rings is 1. The van der Waals surface area contributed by atoms with Crippen LogP contribution in [0, 0.1) is 0 Å². The monoisotopic (exact) mass is 264 g/mol. The van der Waals surface area contributed by atoms with E-state index >= 15 is 0 Å². The third kappa shape index (κ3) is 2.66.